The van der Waals surface area contributed by atoms with Crippen molar-refractivity contribution in [1.29, 1.82) is 0 Å². The van der Waals surface area contributed by atoms with Gasteiger partial charge >= 0.3 is 11.9 Å². The maximum absolute atomic E-state index is 12.3. The van der Waals surface area contributed by atoms with E-state index < -0.39 is 42.1 Å². The van der Waals surface area contributed by atoms with E-state index in [9.17, 15) is 19.2 Å². The Bertz CT molecular complexity index is 941. The highest BCUT2D eigenvalue weighted by Crippen LogP contribution is 2.18. The number of carboxylic acid groups (broad SMARTS) is 2. The van der Waals surface area contributed by atoms with Crippen LogP contribution in [0.2, 0.25) is 0 Å². The fourth-order valence-electron chi connectivity index (χ4n) is 2.93. The number of rotatable bonds is 7. The fourth-order valence-corrected chi connectivity index (χ4v) is 2.93. The van der Waals surface area contributed by atoms with Crippen molar-refractivity contribution >= 4 is 35.4 Å². The summed E-state index contributed by atoms with van der Waals surface area (Å²) < 4.78 is 5.54. The molecule has 0 saturated carbocycles. The normalized spacial score (nSPS) is 21.4. The van der Waals surface area contributed by atoms with Gasteiger partial charge in [0.25, 0.3) is 11.8 Å². The van der Waals surface area contributed by atoms with Crippen molar-refractivity contribution in [2.75, 3.05) is 6.61 Å². The molecule has 1 aromatic rings. The number of benzene rings is 1. The number of carbonyl (C=O) groups excluding carboxylic acids is 2. The Labute approximate surface area is 169 Å². The van der Waals surface area contributed by atoms with Crippen molar-refractivity contribution in [3.8, 4) is 0 Å². The summed E-state index contributed by atoms with van der Waals surface area (Å²) in [6.45, 7) is 0.0903. The molecule has 2 aliphatic heterocycles. The van der Waals surface area contributed by atoms with Crippen LogP contribution in [0.3, 0.4) is 0 Å². The summed E-state index contributed by atoms with van der Waals surface area (Å²) in [6.07, 6.45) is -1.41. The average molecular weight is 417 g/mol. The molecule has 0 radical (unpaired) electrons. The lowest BCUT2D eigenvalue weighted by atomic mass is 10.0. The molecule has 0 aromatic heterocycles. The first-order chi connectivity index (χ1) is 14.2. The third-order valence-corrected chi connectivity index (χ3v) is 4.47. The Morgan fingerprint density at radius 1 is 1.23 bits per heavy atom. The number of guanidine groups is 1. The maximum Gasteiger partial charge on any atom is 0.326 e. The van der Waals surface area contributed by atoms with Crippen LogP contribution in [0.15, 0.2) is 34.3 Å². The van der Waals surface area contributed by atoms with Gasteiger partial charge in [-0.05, 0) is 24.1 Å². The first-order valence-electron chi connectivity index (χ1n) is 8.93. The van der Waals surface area contributed by atoms with Crippen molar-refractivity contribution < 1.29 is 34.1 Å². The van der Waals surface area contributed by atoms with Gasteiger partial charge in [-0.3, -0.25) is 24.7 Å². The van der Waals surface area contributed by atoms with E-state index in [1.165, 1.54) is 12.1 Å². The third-order valence-electron chi connectivity index (χ3n) is 4.47. The number of nitrogens with one attached hydrogen (secondary N) is 2. The number of nitrogens with zero attached hydrogens (tertiary/aromatic N) is 2. The topological polar surface area (TPSA) is 193 Å². The first-order valence-corrected chi connectivity index (χ1v) is 8.93. The van der Waals surface area contributed by atoms with E-state index >= 15 is 0 Å². The molecule has 0 aliphatic carbocycles. The second kappa shape index (κ2) is 8.69. The molecule has 2 amide bonds. The van der Waals surface area contributed by atoms with Crippen molar-refractivity contribution in [3.63, 3.8) is 0 Å². The van der Waals surface area contributed by atoms with Crippen molar-refractivity contribution in [3.05, 3.63) is 35.4 Å². The van der Waals surface area contributed by atoms with Gasteiger partial charge in [-0.25, -0.2) is 9.79 Å². The highest BCUT2D eigenvalue weighted by Gasteiger charge is 2.36. The van der Waals surface area contributed by atoms with Gasteiger partial charge in [-0.2, -0.15) is 0 Å². The summed E-state index contributed by atoms with van der Waals surface area (Å²) in [5, 5.41) is 22.5. The van der Waals surface area contributed by atoms with Crippen LogP contribution in [0.1, 0.15) is 28.8 Å². The SMILES string of the molecule is NC1=NC2OCC(c3ccc(C(=O)NC(CCC(=O)O)C(=O)O)cc3)=NC2C(=O)N1. The van der Waals surface area contributed by atoms with Gasteiger partial charge in [-0.1, -0.05) is 12.1 Å². The number of aliphatic carboxylic acids is 2. The quantitative estimate of drug-likeness (QED) is 0.361. The largest absolute Gasteiger partial charge is 0.481 e. The summed E-state index contributed by atoms with van der Waals surface area (Å²) in [5.74, 6) is -3.59. The highest BCUT2D eigenvalue weighted by atomic mass is 16.5. The molecule has 2 heterocycles. The highest BCUT2D eigenvalue weighted by molar-refractivity contribution is 6.07. The molecule has 30 heavy (non-hydrogen) atoms. The third kappa shape index (κ3) is 4.78. The van der Waals surface area contributed by atoms with E-state index in [4.69, 9.17) is 20.7 Å². The van der Waals surface area contributed by atoms with E-state index in [1.54, 1.807) is 12.1 Å². The van der Waals surface area contributed by atoms with Crippen molar-refractivity contribution in [2.45, 2.75) is 31.2 Å². The maximum atomic E-state index is 12.3. The second-order valence-electron chi connectivity index (χ2n) is 6.60. The molecular formula is C18H19N5O7. The van der Waals surface area contributed by atoms with E-state index in [0.29, 0.717) is 11.3 Å². The first kappa shape index (κ1) is 20.9. The van der Waals surface area contributed by atoms with E-state index in [-0.39, 0.29) is 31.0 Å². The lowest BCUT2D eigenvalue weighted by molar-refractivity contribution is -0.140. The molecular weight excluding hydrogens is 398 g/mol. The predicted octanol–water partition coefficient (Wildman–Crippen LogP) is -1.31. The monoisotopic (exact) mass is 417 g/mol. The molecule has 3 unspecified atom stereocenters. The number of carboxylic acids is 2. The van der Waals surface area contributed by atoms with Gasteiger partial charge in [0.2, 0.25) is 0 Å². The number of nitrogens with two attached hydrogens (primary N) is 1. The minimum atomic E-state index is -1.32. The molecule has 3 rings (SSSR count). The van der Waals surface area contributed by atoms with E-state index in [0.717, 1.165) is 0 Å². The lowest BCUT2D eigenvalue weighted by Crippen LogP contribution is -2.54. The molecule has 2 aliphatic rings. The van der Waals surface area contributed by atoms with Crippen LogP contribution in [0, 0.1) is 0 Å². The van der Waals surface area contributed by atoms with Crippen LogP contribution in [-0.2, 0) is 19.1 Å². The van der Waals surface area contributed by atoms with Crippen LogP contribution in [0.25, 0.3) is 0 Å². The molecule has 158 valence electrons. The Hall–Kier alpha value is -3.80. The molecule has 12 heteroatoms. The Morgan fingerprint density at radius 3 is 2.57 bits per heavy atom. The van der Waals surface area contributed by atoms with Gasteiger partial charge in [0.1, 0.15) is 6.04 Å². The fraction of sp³-hybridized carbons (Fsp3) is 0.333. The number of fused-ring (bicyclic) bond motifs is 1. The number of amides is 2. The van der Waals surface area contributed by atoms with Crippen LogP contribution < -0.4 is 16.4 Å². The van der Waals surface area contributed by atoms with Gasteiger partial charge in [0.05, 0.1) is 12.3 Å². The minimum Gasteiger partial charge on any atom is -0.481 e. The summed E-state index contributed by atoms with van der Waals surface area (Å²) >= 11 is 0. The zero-order valence-corrected chi connectivity index (χ0v) is 15.6. The van der Waals surface area contributed by atoms with Gasteiger partial charge in [0, 0.05) is 12.0 Å². The predicted molar refractivity (Wildman–Crippen MR) is 102 cm³/mol. The van der Waals surface area contributed by atoms with Crippen LogP contribution in [0.4, 0.5) is 0 Å². The second-order valence-corrected chi connectivity index (χ2v) is 6.60. The lowest BCUT2D eigenvalue weighted by Gasteiger charge is -2.29. The van der Waals surface area contributed by atoms with Gasteiger partial charge in [0.15, 0.2) is 18.2 Å². The van der Waals surface area contributed by atoms with Gasteiger partial charge in [-0.15, -0.1) is 0 Å². The molecule has 0 saturated heterocycles. The van der Waals surface area contributed by atoms with Crippen molar-refractivity contribution in [1.82, 2.24) is 10.6 Å². The Balaban J connectivity index is 1.69. The minimum absolute atomic E-state index is 0.0294. The molecule has 3 atom stereocenters. The summed E-state index contributed by atoms with van der Waals surface area (Å²) in [7, 11) is 0. The van der Waals surface area contributed by atoms with Crippen LogP contribution in [0.5, 0.6) is 0 Å². The van der Waals surface area contributed by atoms with Crippen LogP contribution >= 0.6 is 0 Å². The summed E-state index contributed by atoms with van der Waals surface area (Å²) in [4.78, 5) is 54.5. The smallest absolute Gasteiger partial charge is 0.326 e. The molecule has 0 bridgehead atoms. The Morgan fingerprint density at radius 2 is 1.93 bits per heavy atom. The van der Waals surface area contributed by atoms with Crippen molar-refractivity contribution in [2.24, 2.45) is 15.7 Å². The van der Waals surface area contributed by atoms with Gasteiger partial charge < -0.3 is 26.0 Å². The number of ether oxygens (including phenoxy) is 1. The average Bonchev–Trinajstić information content (AvgIpc) is 2.70. The number of carbonyl (C=O) groups is 4. The standard InChI is InChI=1S/C18H19N5O7/c19-18-22-15(27)13-16(23-18)30-7-11(20-13)8-1-3-9(4-2-8)14(26)21-10(17(28)29)5-6-12(24)25/h1-4,10,13,16H,5-7H2,(H,21,26)(H,24,25)(H,28,29)(H3,19,22,23,27). The number of hydrogen-bond donors (Lipinski definition) is 5. The molecule has 0 fully saturated rings. The van der Waals surface area contributed by atoms with E-state index in [2.05, 4.69) is 20.6 Å². The number of aliphatic imine (C=N–C) groups is 2. The molecule has 1 aromatic carbocycles. The molecule has 0 spiro atoms. The zero-order valence-electron chi connectivity index (χ0n) is 15.6. The Kier molecular flexibility index (Phi) is 6.06. The van der Waals surface area contributed by atoms with E-state index in [1.807, 2.05) is 0 Å². The molecule has 6 N–H and O–H groups in total. The molecule has 12 nitrogen and oxygen atoms in total. The van der Waals surface area contributed by atoms with Crippen LogP contribution in [-0.4, -0.2) is 70.6 Å². The number of hydrogen-bond acceptors (Lipinski definition) is 8. The summed E-state index contributed by atoms with van der Waals surface area (Å²) in [5.41, 5.74) is 6.78. The zero-order chi connectivity index (χ0) is 21.8. The summed E-state index contributed by atoms with van der Waals surface area (Å²) in [6, 6.07) is 3.92.